The number of nitrogens with two attached hydrogens (primary N) is 1. The number of nitrogens with one attached hydrogen (secondary N) is 1. The largest absolute Gasteiger partial charge is 0.398 e. The number of aromatic nitrogens is 1. The summed E-state index contributed by atoms with van der Waals surface area (Å²) < 4.78 is 0. The van der Waals surface area contributed by atoms with E-state index in [0.29, 0.717) is 6.04 Å². The number of hydrogen-bond donors (Lipinski definition) is 2. The minimum absolute atomic E-state index is 0.322. The molecule has 96 valence electrons. The summed E-state index contributed by atoms with van der Waals surface area (Å²) in [6.07, 6.45) is 5.61. The first-order valence-corrected chi connectivity index (χ1v) is 7.19. The lowest BCUT2D eigenvalue weighted by Crippen LogP contribution is -2.24. The van der Waals surface area contributed by atoms with Crippen LogP contribution in [0.25, 0.3) is 0 Å². The van der Waals surface area contributed by atoms with Gasteiger partial charge < -0.3 is 11.1 Å². The van der Waals surface area contributed by atoms with Crippen molar-refractivity contribution < 1.29 is 0 Å². The molecule has 0 aromatic carbocycles. The van der Waals surface area contributed by atoms with E-state index in [0.717, 1.165) is 30.6 Å². The molecule has 2 aromatic heterocycles. The van der Waals surface area contributed by atoms with Crippen LogP contribution in [0.2, 0.25) is 0 Å². The molecule has 3 N–H and O–H groups in total. The van der Waals surface area contributed by atoms with Crippen molar-refractivity contribution in [2.45, 2.75) is 25.8 Å². The first-order chi connectivity index (χ1) is 8.81. The van der Waals surface area contributed by atoms with Crippen LogP contribution in [0.4, 0.5) is 5.69 Å². The monoisotopic (exact) mass is 261 g/mol. The van der Waals surface area contributed by atoms with Crippen LogP contribution in [0.5, 0.6) is 0 Å². The Labute approximate surface area is 112 Å². The summed E-state index contributed by atoms with van der Waals surface area (Å²) >= 11 is 1.73. The molecule has 0 radical (unpaired) electrons. The number of thiophene rings is 1. The average Bonchev–Trinajstić information content (AvgIpc) is 2.90. The van der Waals surface area contributed by atoms with Gasteiger partial charge in [-0.15, -0.1) is 0 Å². The molecule has 3 nitrogen and oxygen atoms in total. The van der Waals surface area contributed by atoms with Gasteiger partial charge in [-0.25, -0.2) is 0 Å². The fourth-order valence-corrected chi connectivity index (χ4v) is 2.64. The summed E-state index contributed by atoms with van der Waals surface area (Å²) in [7, 11) is 0. The van der Waals surface area contributed by atoms with Crippen molar-refractivity contribution in [2.75, 3.05) is 12.3 Å². The molecule has 2 heterocycles. The van der Waals surface area contributed by atoms with E-state index >= 15 is 0 Å². The third kappa shape index (κ3) is 3.31. The Morgan fingerprint density at radius 3 is 3.00 bits per heavy atom. The zero-order valence-electron chi connectivity index (χ0n) is 10.6. The predicted molar refractivity (Wildman–Crippen MR) is 77.7 cm³/mol. The van der Waals surface area contributed by atoms with E-state index in [-0.39, 0.29) is 0 Å². The molecule has 0 fully saturated rings. The molecule has 0 saturated carbocycles. The zero-order chi connectivity index (χ0) is 12.8. The molecule has 0 spiro atoms. The third-order valence-electron chi connectivity index (χ3n) is 2.95. The molecular weight excluding hydrogens is 242 g/mol. The molecule has 0 saturated heterocycles. The van der Waals surface area contributed by atoms with Crippen LogP contribution in [-0.2, 0) is 6.42 Å². The van der Waals surface area contributed by atoms with Crippen LogP contribution in [0, 0.1) is 0 Å². The van der Waals surface area contributed by atoms with Gasteiger partial charge in [0.15, 0.2) is 0 Å². The number of pyridine rings is 1. The van der Waals surface area contributed by atoms with Crippen molar-refractivity contribution in [1.82, 2.24) is 10.3 Å². The van der Waals surface area contributed by atoms with Crippen LogP contribution in [0.3, 0.4) is 0 Å². The molecular formula is C14H19N3S. The SMILES string of the molecule is CCCNC(Cc1cnccc1N)c1ccsc1. The van der Waals surface area contributed by atoms with Gasteiger partial charge in [0.1, 0.15) is 0 Å². The molecule has 1 unspecified atom stereocenters. The number of hydrogen-bond acceptors (Lipinski definition) is 4. The topological polar surface area (TPSA) is 50.9 Å². The van der Waals surface area contributed by atoms with Gasteiger partial charge in [0.05, 0.1) is 0 Å². The molecule has 0 bridgehead atoms. The lowest BCUT2D eigenvalue weighted by Gasteiger charge is -2.18. The minimum Gasteiger partial charge on any atom is -0.398 e. The number of nitrogens with zero attached hydrogens (tertiary/aromatic N) is 1. The maximum atomic E-state index is 5.99. The van der Waals surface area contributed by atoms with Crippen molar-refractivity contribution in [3.8, 4) is 0 Å². The highest BCUT2D eigenvalue weighted by Crippen LogP contribution is 2.23. The highest BCUT2D eigenvalue weighted by Gasteiger charge is 2.13. The second-order valence-electron chi connectivity index (χ2n) is 4.34. The summed E-state index contributed by atoms with van der Waals surface area (Å²) in [4.78, 5) is 4.16. The summed E-state index contributed by atoms with van der Waals surface area (Å²) in [6, 6.07) is 4.35. The Balaban J connectivity index is 2.13. The normalized spacial score (nSPS) is 12.5. The first-order valence-electron chi connectivity index (χ1n) is 6.25. The van der Waals surface area contributed by atoms with Gasteiger partial charge in [0, 0.05) is 24.1 Å². The second kappa shape index (κ2) is 6.52. The van der Waals surface area contributed by atoms with Gasteiger partial charge in [-0.3, -0.25) is 4.98 Å². The van der Waals surface area contributed by atoms with E-state index in [9.17, 15) is 0 Å². The Kier molecular flexibility index (Phi) is 4.73. The molecule has 1 atom stereocenters. The van der Waals surface area contributed by atoms with Gasteiger partial charge >= 0.3 is 0 Å². The Morgan fingerprint density at radius 2 is 2.33 bits per heavy atom. The summed E-state index contributed by atoms with van der Waals surface area (Å²) in [5, 5.41) is 7.88. The van der Waals surface area contributed by atoms with Crippen LogP contribution in [0.15, 0.2) is 35.3 Å². The molecule has 4 heteroatoms. The van der Waals surface area contributed by atoms with Gasteiger partial charge in [-0.05, 0) is 53.4 Å². The van der Waals surface area contributed by atoms with Gasteiger partial charge in [-0.2, -0.15) is 11.3 Å². The fourth-order valence-electron chi connectivity index (χ4n) is 1.93. The fraction of sp³-hybridized carbons (Fsp3) is 0.357. The maximum Gasteiger partial charge on any atom is 0.0378 e. The third-order valence-corrected chi connectivity index (χ3v) is 3.65. The van der Waals surface area contributed by atoms with Gasteiger partial charge in [-0.1, -0.05) is 6.92 Å². The highest BCUT2D eigenvalue weighted by molar-refractivity contribution is 7.07. The highest BCUT2D eigenvalue weighted by atomic mass is 32.1. The van der Waals surface area contributed by atoms with E-state index < -0.39 is 0 Å². The van der Waals surface area contributed by atoms with Crippen molar-refractivity contribution in [1.29, 1.82) is 0 Å². The van der Waals surface area contributed by atoms with E-state index in [4.69, 9.17) is 5.73 Å². The van der Waals surface area contributed by atoms with E-state index in [1.165, 1.54) is 5.56 Å². The number of nitrogen functional groups attached to an aromatic ring is 1. The van der Waals surface area contributed by atoms with Gasteiger partial charge in [0.25, 0.3) is 0 Å². The van der Waals surface area contributed by atoms with Crippen molar-refractivity contribution in [2.24, 2.45) is 0 Å². The van der Waals surface area contributed by atoms with Crippen LogP contribution < -0.4 is 11.1 Å². The summed E-state index contributed by atoms with van der Waals surface area (Å²) in [6.45, 7) is 3.19. The minimum atomic E-state index is 0.322. The van der Waals surface area contributed by atoms with E-state index in [1.807, 2.05) is 12.3 Å². The molecule has 0 aliphatic heterocycles. The van der Waals surface area contributed by atoms with Crippen LogP contribution in [-0.4, -0.2) is 11.5 Å². The Morgan fingerprint density at radius 1 is 1.44 bits per heavy atom. The number of anilines is 1. The second-order valence-corrected chi connectivity index (χ2v) is 5.12. The lowest BCUT2D eigenvalue weighted by molar-refractivity contribution is 0.530. The molecule has 0 amide bonds. The smallest absolute Gasteiger partial charge is 0.0378 e. The summed E-state index contributed by atoms with van der Waals surface area (Å²) in [5.74, 6) is 0. The predicted octanol–water partition coefficient (Wildman–Crippen LogP) is 3.01. The Bertz CT molecular complexity index is 468. The molecule has 2 aromatic rings. The zero-order valence-corrected chi connectivity index (χ0v) is 11.4. The quantitative estimate of drug-likeness (QED) is 0.840. The van der Waals surface area contributed by atoms with Crippen LogP contribution >= 0.6 is 11.3 Å². The van der Waals surface area contributed by atoms with Crippen LogP contribution in [0.1, 0.15) is 30.5 Å². The van der Waals surface area contributed by atoms with Crippen molar-refractivity contribution in [3.63, 3.8) is 0 Å². The average molecular weight is 261 g/mol. The number of rotatable bonds is 6. The van der Waals surface area contributed by atoms with Gasteiger partial charge in [0.2, 0.25) is 0 Å². The molecule has 0 aliphatic carbocycles. The maximum absolute atomic E-state index is 5.99. The lowest BCUT2D eigenvalue weighted by atomic mass is 10.0. The van der Waals surface area contributed by atoms with E-state index in [1.54, 1.807) is 17.5 Å². The van der Waals surface area contributed by atoms with Crippen molar-refractivity contribution in [3.05, 3.63) is 46.4 Å². The standard InChI is InChI=1S/C14H19N3S/c1-2-5-17-14(11-4-7-18-10-11)8-12-9-16-6-3-13(12)15/h3-4,6-7,9-10,14,17H,2,5,8H2,1H3,(H2,15,16). The summed E-state index contributed by atoms with van der Waals surface area (Å²) in [5.41, 5.74) is 9.25. The van der Waals surface area contributed by atoms with E-state index in [2.05, 4.69) is 34.1 Å². The molecule has 18 heavy (non-hydrogen) atoms. The Hall–Kier alpha value is -1.39. The molecule has 0 aliphatic rings. The first kappa shape index (κ1) is 13.1. The molecule has 2 rings (SSSR count). The van der Waals surface area contributed by atoms with Crippen molar-refractivity contribution >= 4 is 17.0 Å².